The molecule has 1 saturated heterocycles. The van der Waals surface area contributed by atoms with E-state index >= 15 is 0 Å². The summed E-state index contributed by atoms with van der Waals surface area (Å²) in [5, 5.41) is 8.93. The predicted octanol–water partition coefficient (Wildman–Crippen LogP) is -1.48. The van der Waals surface area contributed by atoms with Gasteiger partial charge in [-0.1, -0.05) is 0 Å². The van der Waals surface area contributed by atoms with Crippen molar-refractivity contribution >= 4 is 22.0 Å². The normalized spacial score (nSPS) is 24.2. The van der Waals surface area contributed by atoms with Crippen LogP contribution in [0.25, 0.3) is 0 Å². The lowest BCUT2D eigenvalue weighted by Crippen LogP contribution is -2.45. The number of methoxy groups -OCH3 is 1. The summed E-state index contributed by atoms with van der Waals surface area (Å²) in [6.45, 7) is -0.0496. The summed E-state index contributed by atoms with van der Waals surface area (Å²) in [5.41, 5.74) is 0. The first kappa shape index (κ1) is 14.9. The summed E-state index contributed by atoms with van der Waals surface area (Å²) in [7, 11) is -1.60. The van der Waals surface area contributed by atoms with Gasteiger partial charge in [0.15, 0.2) is 5.75 Å². The van der Waals surface area contributed by atoms with Gasteiger partial charge >= 0.3 is 11.9 Å². The van der Waals surface area contributed by atoms with E-state index in [0.29, 0.717) is 0 Å². The lowest BCUT2D eigenvalue weighted by atomic mass is 10.1. The van der Waals surface area contributed by atoms with Crippen molar-refractivity contribution in [1.82, 2.24) is 4.31 Å². The van der Waals surface area contributed by atoms with Crippen molar-refractivity contribution in [2.75, 3.05) is 33.1 Å². The standard InChI is InChI=1S/C9H15NO7S/c1-10(18(14,15)5-8(11)16-2)7-4-17-3-6(7)9(12)13/h6-7H,3-5H2,1-2H3,(H,12,13). The summed E-state index contributed by atoms with van der Waals surface area (Å²) in [4.78, 5) is 21.9. The number of rotatable bonds is 5. The van der Waals surface area contributed by atoms with Crippen LogP contribution < -0.4 is 0 Å². The fourth-order valence-corrected chi connectivity index (χ4v) is 2.89. The van der Waals surface area contributed by atoms with Crippen LogP contribution in [0.3, 0.4) is 0 Å². The molecule has 1 rings (SSSR count). The van der Waals surface area contributed by atoms with Gasteiger partial charge in [0.1, 0.15) is 0 Å². The Balaban J connectivity index is 2.82. The zero-order valence-electron chi connectivity index (χ0n) is 10.0. The molecule has 1 aliphatic rings. The van der Waals surface area contributed by atoms with Crippen LogP contribution in [-0.4, -0.2) is 68.9 Å². The Morgan fingerprint density at radius 3 is 2.56 bits per heavy atom. The topological polar surface area (TPSA) is 110 Å². The molecular formula is C9H15NO7S. The highest BCUT2D eigenvalue weighted by molar-refractivity contribution is 7.89. The average molecular weight is 281 g/mol. The minimum Gasteiger partial charge on any atom is -0.481 e. The second kappa shape index (κ2) is 5.63. The third-order valence-corrected chi connectivity index (χ3v) is 4.55. The van der Waals surface area contributed by atoms with Crippen molar-refractivity contribution in [1.29, 1.82) is 0 Å². The van der Waals surface area contributed by atoms with Gasteiger partial charge in [0, 0.05) is 7.05 Å². The molecule has 0 aliphatic carbocycles. The van der Waals surface area contributed by atoms with Gasteiger partial charge in [-0.3, -0.25) is 9.59 Å². The molecule has 0 aromatic rings. The monoisotopic (exact) mass is 281 g/mol. The van der Waals surface area contributed by atoms with E-state index in [9.17, 15) is 18.0 Å². The summed E-state index contributed by atoms with van der Waals surface area (Å²) in [6, 6.07) is -0.808. The summed E-state index contributed by atoms with van der Waals surface area (Å²) in [5.74, 6) is -3.77. The van der Waals surface area contributed by atoms with Gasteiger partial charge < -0.3 is 14.6 Å². The summed E-state index contributed by atoms with van der Waals surface area (Å²) >= 11 is 0. The van der Waals surface area contributed by atoms with Crippen LogP contribution >= 0.6 is 0 Å². The highest BCUT2D eigenvalue weighted by Crippen LogP contribution is 2.21. The third-order valence-electron chi connectivity index (χ3n) is 2.80. The lowest BCUT2D eigenvalue weighted by Gasteiger charge is -2.24. The van der Waals surface area contributed by atoms with E-state index in [2.05, 4.69) is 4.74 Å². The number of nitrogens with zero attached hydrogens (tertiary/aromatic N) is 1. The highest BCUT2D eigenvalue weighted by Gasteiger charge is 2.41. The minimum absolute atomic E-state index is 0.00608. The van der Waals surface area contributed by atoms with Crippen LogP contribution in [0, 0.1) is 5.92 Å². The second-order valence-electron chi connectivity index (χ2n) is 3.90. The predicted molar refractivity (Wildman–Crippen MR) is 59.3 cm³/mol. The van der Waals surface area contributed by atoms with Gasteiger partial charge in [-0.05, 0) is 0 Å². The van der Waals surface area contributed by atoms with Crippen LogP contribution in [0.4, 0.5) is 0 Å². The maximum Gasteiger partial charge on any atom is 0.322 e. The van der Waals surface area contributed by atoms with Crippen LogP contribution in [-0.2, 0) is 29.1 Å². The van der Waals surface area contributed by atoms with Crippen molar-refractivity contribution in [2.45, 2.75) is 6.04 Å². The number of carbonyl (C=O) groups excluding carboxylic acids is 1. The molecular weight excluding hydrogens is 266 g/mol. The molecule has 0 aromatic heterocycles. The van der Waals surface area contributed by atoms with E-state index in [1.54, 1.807) is 0 Å². The molecule has 0 spiro atoms. The van der Waals surface area contributed by atoms with Gasteiger partial charge in [-0.15, -0.1) is 0 Å². The molecule has 8 nitrogen and oxygen atoms in total. The Labute approximate surface area is 105 Å². The molecule has 104 valence electrons. The molecule has 1 fully saturated rings. The Kier molecular flexibility index (Phi) is 4.65. The molecule has 2 atom stereocenters. The quantitative estimate of drug-likeness (QED) is 0.612. The summed E-state index contributed by atoms with van der Waals surface area (Å²) < 4.78 is 33.8. The number of hydrogen-bond donors (Lipinski definition) is 1. The Hall–Kier alpha value is -1.19. The molecule has 9 heteroatoms. The van der Waals surface area contributed by atoms with Gasteiger partial charge in [0.2, 0.25) is 10.0 Å². The fraction of sp³-hybridized carbons (Fsp3) is 0.778. The van der Waals surface area contributed by atoms with E-state index in [0.717, 1.165) is 11.4 Å². The average Bonchev–Trinajstić information content (AvgIpc) is 2.75. The van der Waals surface area contributed by atoms with E-state index in [4.69, 9.17) is 9.84 Å². The van der Waals surface area contributed by atoms with E-state index in [1.165, 1.54) is 7.05 Å². The number of aliphatic carboxylic acids is 1. The molecule has 18 heavy (non-hydrogen) atoms. The molecule has 0 aromatic carbocycles. The molecule has 0 amide bonds. The Bertz CT molecular complexity index is 432. The van der Waals surface area contributed by atoms with Crippen LogP contribution in [0.1, 0.15) is 0 Å². The molecule has 0 radical (unpaired) electrons. The van der Waals surface area contributed by atoms with Gasteiger partial charge in [-0.2, -0.15) is 4.31 Å². The van der Waals surface area contributed by atoms with E-state index in [1.807, 2.05) is 0 Å². The van der Waals surface area contributed by atoms with Gasteiger partial charge in [0.25, 0.3) is 0 Å². The molecule has 1 heterocycles. The maximum atomic E-state index is 11.8. The van der Waals surface area contributed by atoms with E-state index in [-0.39, 0.29) is 13.2 Å². The number of carboxylic acids is 1. The first-order valence-electron chi connectivity index (χ1n) is 5.12. The third kappa shape index (κ3) is 3.18. The van der Waals surface area contributed by atoms with Gasteiger partial charge in [0.05, 0.1) is 32.3 Å². The first-order chi connectivity index (χ1) is 8.29. The molecule has 1 N–H and O–H groups in total. The number of ether oxygens (including phenoxy) is 2. The number of sulfonamides is 1. The van der Waals surface area contributed by atoms with Crippen molar-refractivity contribution in [3.63, 3.8) is 0 Å². The first-order valence-corrected chi connectivity index (χ1v) is 6.73. The Morgan fingerprint density at radius 1 is 1.44 bits per heavy atom. The second-order valence-corrected chi connectivity index (χ2v) is 5.93. The summed E-state index contributed by atoms with van der Waals surface area (Å²) in [6.07, 6.45) is 0. The zero-order valence-corrected chi connectivity index (χ0v) is 10.8. The number of carboxylic acid groups (broad SMARTS) is 1. The fourth-order valence-electron chi connectivity index (χ4n) is 1.65. The number of carbonyl (C=O) groups is 2. The largest absolute Gasteiger partial charge is 0.481 e. The molecule has 2 unspecified atom stereocenters. The van der Waals surface area contributed by atoms with Crippen LogP contribution in [0.15, 0.2) is 0 Å². The lowest BCUT2D eigenvalue weighted by molar-refractivity contribution is -0.142. The van der Waals surface area contributed by atoms with Crippen LogP contribution in [0.2, 0.25) is 0 Å². The maximum absolute atomic E-state index is 11.8. The smallest absolute Gasteiger partial charge is 0.322 e. The van der Waals surface area contributed by atoms with Crippen molar-refractivity contribution in [3.8, 4) is 0 Å². The molecule has 0 saturated carbocycles. The number of likely N-dealkylation sites (N-methyl/N-ethyl adjacent to an activating group) is 1. The van der Waals surface area contributed by atoms with E-state index < -0.39 is 39.7 Å². The SMILES string of the molecule is COC(=O)CS(=O)(=O)N(C)C1COCC1C(=O)O. The zero-order chi connectivity index (χ0) is 13.9. The van der Waals surface area contributed by atoms with Crippen molar-refractivity contribution in [2.24, 2.45) is 5.92 Å². The number of hydrogen-bond acceptors (Lipinski definition) is 6. The molecule has 0 bridgehead atoms. The minimum atomic E-state index is -3.91. The Morgan fingerprint density at radius 2 is 2.06 bits per heavy atom. The van der Waals surface area contributed by atoms with Crippen molar-refractivity contribution < 1.29 is 32.6 Å². The number of esters is 1. The van der Waals surface area contributed by atoms with Gasteiger partial charge in [-0.25, -0.2) is 8.42 Å². The van der Waals surface area contributed by atoms with Crippen molar-refractivity contribution in [3.05, 3.63) is 0 Å². The highest BCUT2D eigenvalue weighted by atomic mass is 32.2. The molecule has 1 aliphatic heterocycles. The van der Waals surface area contributed by atoms with Crippen LogP contribution in [0.5, 0.6) is 0 Å².